The van der Waals surface area contributed by atoms with Gasteiger partial charge in [0.25, 0.3) is 0 Å². The fraction of sp³-hybridized carbons (Fsp3) is 0.111. The molecule has 5 rings (SSSR count). The van der Waals surface area contributed by atoms with Crippen molar-refractivity contribution in [1.29, 1.82) is 0 Å². The van der Waals surface area contributed by atoms with Crippen LogP contribution in [-0.4, -0.2) is 14.4 Å². The predicted molar refractivity (Wildman–Crippen MR) is 139 cm³/mol. The number of aryl methyl sites for hydroxylation is 3. The summed E-state index contributed by atoms with van der Waals surface area (Å²) in [6, 6.07) is 22.5. The molecule has 5 aromatic rings. The van der Waals surface area contributed by atoms with Gasteiger partial charge in [-0.2, -0.15) is 0 Å². The molecule has 6 heteroatoms. The van der Waals surface area contributed by atoms with E-state index in [9.17, 15) is 0 Å². The van der Waals surface area contributed by atoms with E-state index in [2.05, 4.69) is 76.8 Å². The van der Waals surface area contributed by atoms with E-state index in [-0.39, 0.29) is 0 Å². The summed E-state index contributed by atoms with van der Waals surface area (Å²) in [6.07, 6.45) is 2.03. The molecule has 5 nitrogen and oxygen atoms in total. The minimum atomic E-state index is 0.859. The average Bonchev–Trinajstić information content (AvgIpc) is 3.33. The lowest BCUT2D eigenvalue weighted by molar-refractivity contribution is 1.17. The molecule has 0 spiro atoms. The van der Waals surface area contributed by atoms with Gasteiger partial charge in [-0.25, -0.2) is 9.97 Å². The third-order valence-electron chi connectivity index (χ3n) is 5.64. The number of hydrogen-bond acceptors (Lipinski definition) is 5. The first-order valence-corrected chi connectivity index (χ1v) is 11.6. The number of thiazole rings is 1. The van der Waals surface area contributed by atoms with Crippen LogP contribution in [0, 0.1) is 20.8 Å². The monoisotopic (exact) mass is 451 g/mol. The SMILES string of the molecule is C=C(Nc1ccccc1C)c1ccc(Nc2nc(-c3c(C)nc4ccccn34)c(C)s2)cc1. The Kier molecular flexibility index (Phi) is 5.44. The Labute approximate surface area is 197 Å². The second-order valence-electron chi connectivity index (χ2n) is 8.02. The number of para-hydroxylation sites is 1. The van der Waals surface area contributed by atoms with Gasteiger partial charge in [0.2, 0.25) is 0 Å². The Bertz CT molecular complexity index is 1460. The molecular weight excluding hydrogens is 426 g/mol. The summed E-state index contributed by atoms with van der Waals surface area (Å²) in [5, 5.41) is 7.71. The van der Waals surface area contributed by atoms with Crippen LogP contribution >= 0.6 is 11.3 Å². The van der Waals surface area contributed by atoms with Crippen molar-refractivity contribution in [1.82, 2.24) is 14.4 Å². The van der Waals surface area contributed by atoms with E-state index in [1.54, 1.807) is 11.3 Å². The standard InChI is InChI=1S/C27H25N5S/c1-17-9-5-6-10-23(17)28-18(2)21-12-14-22(15-13-21)30-27-31-25(20(4)33-27)26-19(3)29-24-11-7-8-16-32(24)26/h5-16,28H,2H2,1,3-4H3,(H,30,31). The summed E-state index contributed by atoms with van der Waals surface area (Å²) in [6.45, 7) is 10.4. The van der Waals surface area contributed by atoms with Gasteiger partial charge in [-0.1, -0.05) is 43.0 Å². The predicted octanol–water partition coefficient (Wildman–Crippen LogP) is 7.21. The first kappa shape index (κ1) is 21.0. The number of rotatable bonds is 6. The van der Waals surface area contributed by atoms with Gasteiger partial charge < -0.3 is 10.6 Å². The van der Waals surface area contributed by atoms with Crippen molar-refractivity contribution in [3.8, 4) is 11.4 Å². The van der Waals surface area contributed by atoms with E-state index in [1.165, 1.54) is 5.56 Å². The Morgan fingerprint density at radius 1 is 0.909 bits per heavy atom. The molecule has 0 saturated carbocycles. The first-order chi connectivity index (χ1) is 16.0. The summed E-state index contributed by atoms with van der Waals surface area (Å²) in [4.78, 5) is 10.7. The van der Waals surface area contributed by atoms with Crippen molar-refractivity contribution in [3.63, 3.8) is 0 Å². The van der Waals surface area contributed by atoms with E-state index < -0.39 is 0 Å². The van der Waals surface area contributed by atoms with E-state index in [1.807, 2.05) is 43.5 Å². The van der Waals surface area contributed by atoms with Crippen molar-refractivity contribution >= 4 is 39.2 Å². The number of hydrogen-bond donors (Lipinski definition) is 2. The minimum Gasteiger partial charge on any atom is -0.355 e. The molecular formula is C27H25N5S. The second kappa shape index (κ2) is 8.56. The van der Waals surface area contributed by atoms with E-state index >= 15 is 0 Å². The van der Waals surface area contributed by atoms with Crippen molar-refractivity contribution in [2.45, 2.75) is 20.8 Å². The molecule has 0 fully saturated rings. The Hall–Kier alpha value is -3.90. The molecule has 0 bridgehead atoms. The molecule has 0 radical (unpaired) electrons. The van der Waals surface area contributed by atoms with Crippen LogP contribution in [0.1, 0.15) is 21.7 Å². The van der Waals surface area contributed by atoms with Crippen LogP contribution in [0.25, 0.3) is 22.7 Å². The molecule has 0 saturated heterocycles. The summed E-state index contributed by atoms with van der Waals surface area (Å²) in [7, 11) is 0. The van der Waals surface area contributed by atoms with Crippen molar-refractivity contribution < 1.29 is 0 Å². The highest BCUT2D eigenvalue weighted by atomic mass is 32.1. The molecule has 33 heavy (non-hydrogen) atoms. The smallest absolute Gasteiger partial charge is 0.188 e. The lowest BCUT2D eigenvalue weighted by Crippen LogP contribution is -1.99. The van der Waals surface area contributed by atoms with Gasteiger partial charge in [-0.05, 0) is 62.2 Å². The number of nitrogens with zero attached hydrogens (tertiary/aromatic N) is 3. The summed E-state index contributed by atoms with van der Waals surface area (Å²) in [5.41, 5.74) is 9.07. The topological polar surface area (TPSA) is 54.2 Å². The summed E-state index contributed by atoms with van der Waals surface area (Å²) >= 11 is 1.65. The molecule has 164 valence electrons. The Balaban J connectivity index is 1.35. The van der Waals surface area contributed by atoms with Crippen molar-refractivity contribution in [3.05, 3.63) is 101 Å². The minimum absolute atomic E-state index is 0.859. The maximum atomic E-state index is 4.90. The second-order valence-corrected chi connectivity index (χ2v) is 9.22. The van der Waals surface area contributed by atoms with Crippen molar-refractivity contribution in [2.75, 3.05) is 10.6 Å². The summed E-state index contributed by atoms with van der Waals surface area (Å²) in [5.74, 6) is 0. The third-order valence-corrected chi connectivity index (χ3v) is 6.53. The molecule has 0 aliphatic heterocycles. The third kappa shape index (κ3) is 4.13. The fourth-order valence-corrected chi connectivity index (χ4v) is 4.73. The largest absolute Gasteiger partial charge is 0.355 e. The fourth-order valence-electron chi connectivity index (χ4n) is 3.89. The molecule has 0 aliphatic carbocycles. The average molecular weight is 452 g/mol. The van der Waals surface area contributed by atoms with Crippen LogP contribution in [0.5, 0.6) is 0 Å². The van der Waals surface area contributed by atoms with E-state index in [0.29, 0.717) is 0 Å². The van der Waals surface area contributed by atoms with Crippen LogP contribution < -0.4 is 10.6 Å². The Morgan fingerprint density at radius 3 is 2.45 bits per heavy atom. The Morgan fingerprint density at radius 2 is 1.67 bits per heavy atom. The number of aromatic nitrogens is 3. The van der Waals surface area contributed by atoms with Crippen molar-refractivity contribution in [2.24, 2.45) is 0 Å². The molecule has 3 aromatic heterocycles. The normalized spacial score (nSPS) is 11.0. The molecule has 2 aromatic carbocycles. The van der Waals surface area contributed by atoms with Gasteiger partial charge in [-0.3, -0.25) is 4.40 Å². The zero-order valence-electron chi connectivity index (χ0n) is 18.9. The van der Waals surface area contributed by atoms with Gasteiger partial charge >= 0.3 is 0 Å². The van der Waals surface area contributed by atoms with E-state index in [4.69, 9.17) is 4.98 Å². The van der Waals surface area contributed by atoms with Gasteiger partial charge in [-0.15, -0.1) is 11.3 Å². The van der Waals surface area contributed by atoms with Crippen LogP contribution in [0.15, 0.2) is 79.5 Å². The number of nitrogens with one attached hydrogen (secondary N) is 2. The number of benzene rings is 2. The number of fused-ring (bicyclic) bond motifs is 1. The van der Waals surface area contributed by atoms with Gasteiger partial charge in [0.1, 0.15) is 11.3 Å². The molecule has 3 heterocycles. The van der Waals surface area contributed by atoms with Gasteiger partial charge in [0.05, 0.1) is 11.4 Å². The number of pyridine rings is 1. The summed E-state index contributed by atoms with van der Waals surface area (Å²) < 4.78 is 2.10. The zero-order valence-corrected chi connectivity index (χ0v) is 19.7. The van der Waals surface area contributed by atoms with Gasteiger partial charge in [0.15, 0.2) is 5.13 Å². The molecule has 0 aliphatic rings. The highest BCUT2D eigenvalue weighted by molar-refractivity contribution is 7.16. The maximum Gasteiger partial charge on any atom is 0.188 e. The lowest BCUT2D eigenvalue weighted by Gasteiger charge is -2.12. The highest BCUT2D eigenvalue weighted by Gasteiger charge is 2.17. The van der Waals surface area contributed by atoms with Crippen LogP contribution in [0.3, 0.4) is 0 Å². The molecule has 0 atom stereocenters. The van der Waals surface area contributed by atoms with Crippen LogP contribution in [0.2, 0.25) is 0 Å². The van der Waals surface area contributed by atoms with E-state index in [0.717, 1.165) is 55.4 Å². The number of imidazole rings is 1. The quantitative estimate of drug-likeness (QED) is 0.286. The molecule has 0 unspecified atom stereocenters. The van der Waals surface area contributed by atoms with Gasteiger partial charge in [0, 0.05) is 28.1 Å². The maximum absolute atomic E-state index is 4.90. The van der Waals surface area contributed by atoms with Crippen LogP contribution in [0.4, 0.5) is 16.5 Å². The highest BCUT2D eigenvalue weighted by Crippen LogP contribution is 2.34. The lowest BCUT2D eigenvalue weighted by atomic mass is 10.1. The van der Waals surface area contributed by atoms with Crippen LogP contribution in [-0.2, 0) is 0 Å². The molecule has 0 amide bonds. The number of anilines is 3. The molecule has 2 N–H and O–H groups in total. The first-order valence-electron chi connectivity index (χ1n) is 10.8. The zero-order chi connectivity index (χ0) is 22.9.